The van der Waals surface area contributed by atoms with Gasteiger partial charge in [-0.15, -0.1) is 0 Å². The summed E-state index contributed by atoms with van der Waals surface area (Å²) in [6.07, 6.45) is 4.25. The van der Waals surface area contributed by atoms with Gasteiger partial charge in [0.25, 0.3) is 5.91 Å². The lowest BCUT2D eigenvalue weighted by Gasteiger charge is -2.40. The van der Waals surface area contributed by atoms with E-state index in [0.29, 0.717) is 19.2 Å². The molecule has 2 fully saturated rings. The number of amides is 1. The molecule has 2 saturated heterocycles. The molecule has 0 bridgehead atoms. The summed E-state index contributed by atoms with van der Waals surface area (Å²) in [5.74, 6) is 0.0446. The molecular weight excluding hydrogens is 228 g/mol. The van der Waals surface area contributed by atoms with Crippen LogP contribution >= 0.6 is 0 Å². The number of carbonyl (C=O) groups is 1. The van der Waals surface area contributed by atoms with Gasteiger partial charge in [-0.25, -0.2) is 0 Å². The number of carbonyl (C=O) groups excluding carboxylic acids is 1. The highest BCUT2D eigenvalue weighted by Crippen LogP contribution is 2.30. The van der Waals surface area contributed by atoms with Gasteiger partial charge >= 0.3 is 0 Å². The summed E-state index contributed by atoms with van der Waals surface area (Å²) in [5.41, 5.74) is -0.345. The number of hydrogen-bond acceptors (Lipinski definition) is 3. The van der Waals surface area contributed by atoms with Crippen molar-refractivity contribution in [2.24, 2.45) is 5.41 Å². The van der Waals surface area contributed by atoms with Gasteiger partial charge in [0.05, 0.1) is 0 Å². The van der Waals surface area contributed by atoms with Crippen molar-refractivity contribution in [2.75, 3.05) is 19.7 Å². The molecule has 4 heteroatoms. The molecular formula is C14H26N2O2. The first kappa shape index (κ1) is 13.8. The highest BCUT2D eigenvalue weighted by Gasteiger charge is 2.39. The van der Waals surface area contributed by atoms with E-state index in [4.69, 9.17) is 4.74 Å². The summed E-state index contributed by atoms with van der Waals surface area (Å²) < 4.78 is 5.56. The fourth-order valence-corrected chi connectivity index (χ4v) is 2.96. The zero-order valence-corrected chi connectivity index (χ0v) is 11.8. The van der Waals surface area contributed by atoms with E-state index in [-0.39, 0.29) is 11.3 Å². The Morgan fingerprint density at radius 3 is 2.72 bits per heavy atom. The van der Waals surface area contributed by atoms with Gasteiger partial charge in [0.1, 0.15) is 5.60 Å². The van der Waals surface area contributed by atoms with Crippen LogP contribution in [-0.4, -0.2) is 37.2 Å². The second-order valence-corrected chi connectivity index (χ2v) is 6.49. The maximum Gasteiger partial charge on any atom is 0.252 e. The molecule has 2 aliphatic rings. The molecule has 0 spiro atoms. The molecule has 0 aromatic heterocycles. The fraction of sp³-hybridized carbons (Fsp3) is 0.929. The third-order valence-electron chi connectivity index (χ3n) is 4.50. The maximum atomic E-state index is 12.2. The van der Waals surface area contributed by atoms with Gasteiger partial charge in [-0.05, 0) is 44.6 Å². The molecule has 0 saturated carbocycles. The zero-order chi connectivity index (χ0) is 13.2. The van der Waals surface area contributed by atoms with E-state index in [9.17, 15) is 4.79 Å². The van der Waals surface area contributed by atoms with Crippen molar-refractivity contribution in [3.05, 3.63) is 0 Å². The normalized spacial score (nSPS) is 35.4. The molecule has 2 heterocycles. The zero-order valence-electron chi connectivity index (χ0n) is 11.8. The first-order valence-corrected chi connectivity index (χ1v) is 7.10. The number of ether oxygens (including phenoxy) is 1. The molecule has 2 aliphatic heterocycles. The molecule has 2 rings (SSSR count). The van der Waals surface area contributed by atoms with Crippen LogP contribution in [0.2, 0.25) is 0 Å². The second-order valence-electron chi connectivity index (χ2n) is 6.49. The fourth-order valence-electron chi connectivity index (χ4n) is 2.96. The van der Waals surface area contributed by atoms with E-state index in [0.717, 1.165) is 19.4 Å². The SMILES string of the molecule is CC1(C(=O)NCC2NCCCC2(C)C)CCCO1. The van der Waals surface area contributed by atoms with Crippen molar-refractivity contribution >= 4 is 5.91 Å². The van der Waals surface area contributed by atoms with E-state index in [1.54, 1.807) is 0 Å². The second kappa shape index (κ2) is 5.17. The summed E-state index contributed by atoms with van der Waals surface area (Å²) in [5, 5.41) is 6.58. The van der Waals surface area contributed by atoms with Crippen molar-refractivity contribution in [1.29, 1.82) is 0 Å². The summed E-state index contributed by atoms with van der Waals surface area (Å²) in [7, 11) is 0. The third kappa shape index (κ3) is 2.86. The summed E-state index contributed by atoms with van der Waals surface area (Å²) in [4.78, 5) is 12.2. The van der Waals surface area contributed by atoms with Crippen LogP contribution in [0.15, 0.2) is 0 Å². The van der Waals surface area contributed by atoms with Crippen molar-refractivity contribution < 1.29 is 9.53 Å². The highest BCUT2D eigenvalue weighted by atomic mass is 16.5. The van der Waals surface area contributed by atoms with Crippen molar-refractivity contribution in [3.8, 4) is 0 Å². The lowest BCUT2D eigenvalue weighted by Crippen LogP contribution is -2.55. The molecule has 104 valence electrons. The van der Waals surface area contributed by atoms with Crippen LogP contribution < -0.4 is 10.6 Å². The Bertz CT molecular complexity index is 309. The molecule has 2 unspecified atom stereocenters. The average Bonchev–Trinajstić information content (AvgIpc) is 2.75. The van der Waals surface area contributed by atoms with Gasteiger partial charge < -0.3 is 15.4 Å². The van der Waals surface area contributed by atoms with Crippen LogP contribution in [0.1, 0.15) is 46.5 Å². The first-order valence-electron chi connectivity index (χ1n) is 7.10. The quantitative estimate of drug-likeness (QED) is 0.801. The van der Waals surface area contributed by atoms with Gasteiger partial charge in [-0.3, -0.25) is 4.79 Å². The van der Waals surface area contributed by atoms with Crippen LogP contribution in [0.3, 0.4) is 0 Å². The Morgan fingerprint density at radius 2 is 2.11 bits per heavy atom. The monoisotopic (exact) mass is 254 g/mol. The lowest BCUT2D eigenvalue weighted by atomic mass is 9.77. The van der Waals surface area contributed by atoms with Crippen LogP contribution in [-0.2, 0) is 9.53 Å². The largest absolute Gasteiger partial charge is 0.365 e. The predicted octanol–water partition coefficient (Wildman–Crippen LogP) is 1.45. The van der Waals surface area contributed by atoms with Crippen molar-refractivity contribution in [1.82, 2.24) is 10.6 Å². The molecule has 0 aromatic carbocycles. The Morgan fingerprint density at radius 1 is 1.33 bits per heavy atom. The molecule has 1 amide bonds. The Labute approximate surface area is 110 Å². The minimum atomic E-state index is -0.598. The Hall–Kier alpha value is -0.610. The molecule has 2 N–H and O–H groups in total. The maximum absolute atomic E-state index is 12.2. The highest BCUT2D eigenvalue weighted by molar-refractivity contribution is 5.85. The van der Waals surface area contributed by atoms with Crippen molar-refractivity contribution in [3.63, 3.8) is 0 Å². The van der Waals surface area contributed by atoms with Gasteiger partial charge in [0.15, 0.2) is 0 Å². The smallest absolute Gasteiger partial charge is 0.252 e. The van der Waals surface area contributed by atoms with Gasteiger partial charge in [0, 0.05) is 19.2 Å². The third-order valence-corrected chi connectivity index (χ3v) is 4.50. The molecule has 0 radical (unpaired) electrons. The van der Waals surface area contributed by atoms with Gasteiger partial charge in [-0.1, -0.05) is 13.8 Å². The molecule has 4 nitrogen and oxygen atoms in total. The van der Waals surface area contributed by atoms with E-state index < -0.39 is 5.60 Å². The minimum absolute atomic E-state index is 0.0446. The minimum Gasteiger partial charge on any atom is -0.365 e. The van der Waals surface area contributed by atoms with Crippen LogP contribution in [0.25, 0.3) is 0 Å². The number of hydrogen-bond donors (Lipinski definition) is 2. The number of rotatable bonds is 3. The Kier molecular flexibility index (Phi) is 3.97. The van der Waals surface area contributed by atoms with Crippen LogP contribution in [0.4, 0.5) is 0 Å². The number of piperidine rings is 1. The summed E-state index contributed by atoms with van der Waals surface area (Å²) in [6, 6.07) is 0.361. The van der Waals surface area contributed by atoms with E-state index >= 15 is 0 Å². The summed E-state index contributed by atoms with van der Waals surface area (Å²) in [6.45, 7) is 8.89. The van der Waals surface area contributed by atoms with Gasteiger partial charge in [-0.2, -0.15) is 0 Å². The standard InChI is InChI=1S/C14H26N2O2/c1-13(2)6-4-8-15-11(13)10-16-12(17)14(3)7-5-9-18-14/h11,15H,4-10H2,1-3H3,(H,16,17). The average molecular weight is 254 g/mol. The first-order chi connectivity index (χ1) is 8.44. The predicted molar refractivity (Wildman–Crippen MR) is 71.4 cm³/mol. The number of nitrogens with one attached hydrogen (secondary N) is 2. The van der Waals surface area contributed by atoms with E-state index in [2.05, 4.69) is 24.5 Å². The van der Waals surface area contributed by atoms with Crippen LogP contribution in [0.5, 0.6) is 0 Å². The Balaban J connectivity index is 1.85. The van der Waals surface area contributed by atoms with E-state index in [1.807, 2.05) is 6.92 Å². The van der Waals surface area contributed by atoms with Crippen LogP contribution in [0, 0.1) is 5.41 Å². The van der Waals surface area contributed by atoms with Gasteiger partial charge in [0.2, 0.25) is 0 Å². The summed E-state index contributed by atoms with van der Waals surface area (Å²) >= 11 is 0. The molecule has 0 aliphatic carbocycles. The topological polar surface area (TPSA) is 50.4 Å². The molecule has 2 atom stereocenters. The van der Waals surface area contributed by atoms with E-state index in [1.165, 1.54) is 12.8 Å². The molecule has 18 heavy (non-hydrogen) atoms. The molecule has 0 aromatic rings. The van der Waals surface area contributed by atoms with Crippen molar-refractivity contribution in [2.45, 2.75) is 58.1 Å². The lowest BCUT2D eigenvalue weighted by molar-refractivity contribution is -0.139.